The fourth-order valence-electron chi connectivity index (χ4n) is 5.12. The molecule has 9 heteroatoms. The third-order valence-electron chi connectivity index (χ3n) is 7.67. The summed E-state index contributed by atoms with van der Waals surface area (Å²) < 4.78 is 5.41. The molecular weight excluding hydrogens is 546 g/mol. The van der Waals surface area contributed by atoms with E-state index >= 15 is 0 Å². The van der Waals surface area contributed by atoms with Crippen LogP contribution in [-0.2, 0) is 16.0 Å². The number of aromatic hydroxyl groups is 2. The largest absolute Gasteiger partial charge is 0.506 e. The number of carbonyl (C=O) groups excluding carboxylic acids is 2. The zero-order valence-electron chi connectivity index (χ0n) is 25.4. The van der Waals surface area contributed by atoms with Crippen LogP contribution in [-0.4, -0.2) is 45.7 Å². The van der Waals surface area contributed by atoms with Crippen LogP contribution in [0.3, 0.4) is 0 Å². The molecule has 3 rings (SSSR count). The van der Waals surface area contributed by atoms with Gasteiger partial charge in [0.25, 0.3) is 5.91 Å². The summed E-state index contributed by atoms with van der Waals surface area (Å²) >= 11 is 0. The van der Waals surface area contributed by atoms with Crippen molar-refractivity contribution < 1.29 is 29.6 Å². The van der Waals surface area contributed by atoms with E-state index in [2.05, 4.69) is 10.3 Å². The smallest absolute Gasteiger partial charge is 0.405 e. The van der Waals surface area contributed by atoms with Crippen molar-refractivity contribution in [3.05, 3.63) is 83.0 Å². The molecule has 2 aromatic carbocycles. The predicted molar refractivity (Wildman–Crippen MR) is 170 cm³/mol. The Morgan fingerprint density at radius 1 is 1.09 bits per heavy atom. The van der Waals surface area contributed by atoms with E-state index in [-0.39, 0.29) is 40.6 Å². The number of aliphatic imine (C=N–C) groups is 1. The van der Waals surface area contributed by atoms with E-state index < -0.39 is 24.2 Å². The van der Waals surface area contributed by atoms with Gasteiger partial charge in [0.05, 0.1) is 11.8 Å². The molecule has 2 amide bonds. The number of aliphatic hydroxyl groups is 1. The third-order valence-corrected chi connectivity index (χ3v) is 7.67. The van der Waals surface area contributed by atoms with Crippen LogP contribution in [0.5, 0.6) is 11.5 Å². The summed E-state index contributed by atoms with van der Waals surface area (Å²) in [6.45, 7) is 9.21. The zero-order chi connectivity index (χ0) is 31.7. The summed E-state index contributed by atoms with van der Waals surface area (Å²) in [5.41, 5.74) is 7.95. The number of hydrogen-bond acceptors (Lipinski definition) is 7. The molecule has 0 spiro atoms. The molecule has 0 radical (unpaired) electrons. The molecule has 6 N–H and O–H groups in total. The molecule has 5 atom stereocenters. The maximum Gasteiger partial charge on any atom is 0.405 e. The van der Waals surface area contributed by atoms with Crippen molar-refractivity contribution in [3.63, 3.8) is 0 Å². The van der Waals surface area contributed by atoms with Gasteiger partial charge in [-0.1, -0.05) is 75.4 Å². The Kier molecular flexibility index (Phi) is 11.7. The second kappa shape index (κ2) is 15.2. The number of benzene rings is 2. The molecule has 0 saturated carbocycles. The molecule has 0 fully saturated rings. The van der Waals surface area contributed by atoms with Gasteiger partial charge in [-0.05, 0) is 50.2 Å². The molecule has 43 heavy (non-hydrogen) atoms. The number of nitrogens with zero attached hydrogens (tertiary/aromatic N) is 1. The topological polar surface area (TPSA) is 154 Å². The van der Waals surface area contributed by atoms with Crippen molar-refractivity contribution in [3.8, 4) is 11.5 Å². The van der Waals surface area contributed by atoms with Gasteiger partial charge in [0, 0.05) is 35.3 Å². The Morgan fingerprint density at radius 2 is 1.79 bits per heavy atom. The summed E-state index contributed by atoms with van der Waals surface area (Å²) in [6, 6.07) is 10.7. The van der Waals surface area contributed by atoms with Crippen molar-refractivity contribution in [1.29, 1.82) is 0 Å². The number of rotatable bonds is 3. The van der Waals surface area contributed by atoms with Crippen molar-refractivity contribution >= 4 is 29.6 Å². The molecular formula is C34H43N3O6. The fourth-order valence-corrected chi connectivity index (χ4v) is 5.12. The Bertz CT molecular complexity index is 1410. The molecule has 2 aromatic rings. The molecule has 230 valence electrons. The highest BCUT2D eigenvalue weighted by atomic mass is 16.6. The van der Waals surface area contributed by atoms with Gasteiger partial charge in [0.15, 0.2) is 0 Å². The molecule has 5 unspecified atom stereocenters. The van der Waals surface area contributed by atoms with E-state index in [1.807, 2.05) is 64.1 Å². The van der Waals surface area contributed by atoms with Gasteiger partial charge < -0.3 is 31.1 Å². The number of phenolic OH excluding ortho intramolecular Hbond substituents is 2. The maximum atomic E-state index is 13.0. The SMILES string of the molecule is CC1=CC(C)C(O)CCC(C)Cc2c(O)c(cc(O)c2N=Cc2ccccc2)NC(=O)/C(C)=C/C=CC(C)C1OC(N)=O. The second-order valence-electron chi connectivity index (χ2n) is 11.4. The minimum atomic E-state index is -0.901. The average Bonchev–Trinajstić information content (AvgIpc) is 2.96. The lowest BCUT2D eigenvalue weighted by Crippen LogP contribution is -2.29. The summed E-state index contributed by atoms with van der Waals surface area (Å²) in [6.07, 6.45) is 7.77. The van der Waals surface area contributed by atoms with Gasteiger partial charge in [-0.25, -0.2) is 4.79 Å². The predicted octanol–water partition coefficient (Wildman–Crippen LogP) is 6.31. The van der Waals surface area contributed by atoms with Gasteiger partial charge in [0.1, 0.15) is 23.3 Å². The first-order valence-corrected chi connectivity index (χ1v) is 14.5. The van der Waals surface area contributed by atoms with Gasteiger partial charge in [0.2, 0.25) is 0 Å². The lowest BCUT2D eigenvalue weighted by Gasteiger charge is -2.24. The Labute approximate surface area is 253 Å². The first-order chi connectivity index (χ1) is 20.4. The van der Waals surface area contributed by atoms with Crippen LogP contribution >= 0.6 is 0 Å². The lowest BCUT2D eigenvalue weighted by atomic mass is 9.89. The molecule has 1 aliphatic heterocycles. The number of amides is 2. The zero-order valence-corrected chi connectivity index (χ0v) is 25.4. The highest BCUT2D eigenvalue weighted by molar-refractivity contribution is 6.05. The number of fused-ring (bicyclic) bond motifs is 2. The number of anilines is 1. The monoisotopic (exact) mass is 589 g/mol. The van der Waals surface area contributed by atoms with Crippen LogP contribution in [0, 0.1) is 17.8 Å². The molecule has 0 aromatic heterocycles. The molecule has 0 aliphatic carbocycles. The molecule has 1 aliphatic rings. The van der Waals surface area contributed by atoms with Crippen LogP contribution in [0.4, 0.5) is 16.2 Å². The normalized spacial score (nSPS) is 25.4. The Balaban J connectivity index is 2.05. The van der Waals surface area contributed by atoms with Crippen LogP contribution in [0.1, 0.15) is 58.6 Å². The summed E-state index contributed by atoms with van der Waals surface area (Å²) in [4.78, 5) is 29.2. The first-order valence-electron chi connectivity index (χ1n) is 14.5. The second-order valence-corrected chi connectivity index (χ2v) is 11.4. The summed E-state index contributed by atoms with van der Waals surface area (Å²) in [5, 5.41) is 36.0. The van der Waals surface area contributed by atoms with Gasteiger partial charge in [-0.15, -0.1) is 0 Å². The van der Waals surface area contributed by atoms with E-state index in [9.17, 15) is 24.9 Å². The quantitative estimate of drug-likeness (QED) is 0.122. The highest BCUT2D eigenvalue weighted by Gasteiger charge is 2.24. The van der Waals surface area contributed by atoms with Crippen molar-refractivity contribution in [2.45, 2.75) is 66.1 Å². The minimum absolute atomic E-state index is 0.0206. The van der Waals surface area contributed by atoms with E-state index in [4.69, 9.17) is 10.5 Å². The highest BCUT2D eigenvalue weighted by Crippen LogP contribution is 2.44. The van der Waals surface area contributed by atoms with E-state index in [1.165, 1.54) is 6.07 Å². The van der Waals surface area contributed by atoms with Gasteiger partial charge in [-0.3, -0.25) is 9.79 Å². The Hall–Kier alpha value is -4.37. The number of nitrogens with one attached hydrogen (secondary N) is 1. The number of ether oxygens (including phenoxy) is 1. The van der Waals surface area contributed by atoms with Crippen LogP contribution < -0.4 is 11.1 Å². The Morgan fingerprint density at radius 3 is 2.47 bits per heavy atom. The van der Waals surface area contributed by atoms with Crippen molar-refractivity contribution in [2.24, 2.45) is 28.5 Å². The lowest BCUT2D eigenvalue weighted by molar-refractivity contribution is -0.112. The summed E-state index contributed by atoms with van der Waals surface area (Å²) in [7, 11) is 0. The number of allylic oxidation sites excluding steroid dienone is 2. The third kappa shape index (κ3) is 9.31. The number of carbonyl (C=O) groups is 2. The maximum absolute atomic E-state index is 13.0. The molecule has 9 nitrogen and oxygen atoms in total. The fraction of sp³-hybridized carbons (Fsp3) is 0.382. The molecule has 1 heterocycles. The number of primary amides is 1. The van der Waals surface area contributed by atoms with Gasteiger partial charge >= 0.3 is 6.09 Å². The standard InChI is InChI=1S/C34H43N3O6/c1-20-14-15-28(38)23(4)17-24(5)32(43-34(35)42)21(2)10-9-11-22(3)33(41)37-27-18-29(39)30(26(16-20)31(27)40)36-19-25-12-7-6-8-13-25/h6-13,17-21,23,28,32,38-40H,14-16H2,1-5H3,(H2,35,42)(H,37,41)/b10-9?,22-11+,24-17?,36-19?. The van der Waals surface area contributed by atoms with E-state index in [0.717, 1.165) is 11.1 Å². The summed E-state index contributed by atoms with van der Waals surface area (Å²) in [5.74, 6) is -1.37. The van der Waals surface area contributed by atoms with Crippen molar-refractivity contribution in [1.82, 2.24) is 0 Å². The average molecular weight is 590 g/mol. The van der Waals surface area contributed by atoms with Gasteiger partial charge in [-0.2, -0.15) is 0 Å². The first kappa shape index (κ1) is 33.1. The van der Waals surface area contributed by atoms with Crippen LogP contribution in [0.15, 0.2) is 76.8 Å². The van der Waals surface area contributed by atoms with Crippen LogP contribution in [0.2, 0.25) is 0 Å². The number of nitrogens with two attached hydrogens (primary N) is 1. The number of aliphatic hydroxyl groups excluding tert-OH is 1. The molecule has 0 saturated heterocycles. The number of hydrogen-bond donors (Lipinski definition) is 5. The van der Waals surface area contributed by atoms with E-state index in [1.54, 1.807) is 31.4 Å². The minimum Gasteiger partial charge on any atom is -0.506 e. The van der Waals surface area contributed by atoms with E-state index in [0.29, 0.717) is 30.4 Å². The van der Waals surface area contributed by atoms with Crippen LogP contribution in [0.25, 0.3) is 0 Å². The number of phenols is 2. The molecule has 2 bridgehead atoms. The van der Waals surface area contributed by atoms with Crippen molar-refractivity contribution in [2.75, 3.05) is 5.32 Å².